The summed E-state index contributed by atoms with van der Waals surface area (Å²) in [4.78, 5) is 43.4. The van der Waals surface area contributed by atoms with Gasteiger partial charge in [-0.25, -0.2) is 9.48 Å². The van der Waals surface area contributed by atoms with E-state index in [0.29, 0.717) is 29.0 Å². The Morgan fingerprint density at radius 1 is 0.913 bits per heavy atom. The standard InChI is InChI=1S/C36H38N4O6/c1-4-31(41)37-27-20-39(28-12-7-10-23-9-5-6-11-26(23)28)38-32(27)34(42)40(33-29(45-2)13-8-14-30(33)46-3)36(35(43)44)24-16-21-15-22(18-24)19-25(36)17-21/h5-14,20-22,24-25H,4,15-19H2,1-3H3,(H,37,41)(H,43,44). The molecule has 4 fully saturated rings. The smallest absolute Gasteiger partial charge is 0.330 e. The van der Waals surface area contributed by atoms with Gasteiger partial charge >= 0.3 is 5.97 Å². The van der Waals surface area contributed by atoms with E-state index in [4.69, 9.17) is 14.6 Å². The average molecular weight is 623 g/mol. The van der Waals surface area contributed by atoms with Crippen molar-refractivity contribution in [2.24, 2.45) is 23.7 Å². The van der Waals surface area contributed by atoms with Gasteiger partial charge in [-0.2, -0.15) is 5.10 Å². The molecule has 0 saturated heterocycles. The second-order valence-corrected chi connectivity index (χ2v) is 12.8. The van der Waals surface area contributed by atoms with Gasteiger partial charge in [-0.1, -0.05) is 49.4 Å². The van der Waals surface area contributed by atoms with E-state index in [-0.39, 0.29) is 41.2 Å². The van der Waals surface area contributed by atoms with Crippen LogP contribution in [0, 0.1) is 23.7 Å². The van der Waals surface area contributed by atoms with Crippen molar-refractivity contribution in [1.82, 2.24) is 9.78 Å². The van der Waals surface area contributed by atoms with Crippen LogP contribution in [0.25, 0.3) is 16.5 Å². The lowest BCUT2D eigenvalue weighted by molar-refractivity contribution is -0.159. The summed E-state index contributed by atoms with van der Waals surface area (Å²) in [5, 5.41) is 20.9. The van der Waals surface area contributed by atoms with E-state index in [1.165, 1.54) is 19.1 Å². The summed E-state index contributed by atoms with van der Waals surface area (Å²) >= 11 is 0. The maximum atomic E-state index is 15.3. The van der Waals surface area contributed by atoms with E-state index in [0.717, 1.165) is 42.9 Å². The summed E-state index contributed by atoms with van der Waals surface area (Å²) in [7, 11) is 2.99. The maximum absolute atomic E-state index is 15.3. The third-order valence-electron chi connectivity index (χ3n) is 10.4. The number of hydrogen-bond acceptors (Lipinski definition) is 6. The van der Waals surface area contributed by atoms with Gasteiger partial charge in [-0.05, 0) is 79.4 Å². The van der Waals surface area contributed by atoms with Crippen LogP contribution >= 0.6 is 0 Å². The molecule has 4 aliphatic rings. The quantitative estimate of drug-likeness (QED) is 0.224. The molecule has 3 aromatic carbocycles. The van der Waals surface area contributed by atoms with Crippen molar-refractivity contribution in [3.63, 3.8) is 0 Å². The fourth-order valence-electron chi connectivity index (χ4n) is 8.72. The molecular formula is C36H38N4O6. The fraction of sp³-hybridized carbons (Fsp3) is 0.389. The van der Waals surface area contributed by atoms with Gasteiger partial charge in [0, 0.05) is 11.8 Å². The van der Waals surface area contributed by atoms with Gasteiger partial charge in [-0.15, -0.1) is 0 Å². The fourth-order valence-corrected chi connectivity index (χ4v) is 8.72. The number of amides is 2. The maximum Gasteiger partial charge on any atom is 0.330 e. The molecule has 0 atom stereocenters. The molecule has 8 rings (SSSR count). The minimum atomic E-state index is -1.57. The number of hydrogen-bond donors (Lipinski definition) is 2. The first-order valence-corrected chi connectivity index (χ1v) is 16.0. The molecule has 4 saturated carbocycles. The highest BCUT2D eigenvalue weighted by atomic mass is 16.5. The number of aromatic nitrogens is 2. The molecule has 0 unspecified atom stereocenters. The summed E-state index contributed by atoms with van der Waals surface area (Å²) in [5.74, 6) is -1.01. The Labute approximate surface area is 267 Å². The molecule has 4 aromatic rings. The zero-order chi connectivity index (χ0) is 32.2. The van der Waals surface area contributed by atoms with Crippen LogP contribution in [0.3, 0.4) is 0 Å². The van der Waals surface area contributed by atoms with Crippen LogP contribution in [-0.4, -0.2) is 52.4 Å². The number of methoxy groups -OCH3 is 2. The Bertz CT molecular complexity index is 1790. The number of carbonyl (C=O) groups is 3. The molecule has 10 heteroatoms. The predicted molar refractivity (Wildman–Crippen MR) is 174 cm³/mol. The zero-order valence-corrected chi connectivity index (χ0v) is 26.2. The lowest BCUT2D eigenvalue weighted by Crippen LogP contribution is -2.71. The highest BCUT2D eigenvalue weighted by molar-refractivity contribution is 6.15. The van der Waals surface area contributed by atoms with Crippen molar-refractivity contribution >= 4 is 39.9 Å². The van der Waals surface area contributed by atoms with Crippen molar-refractivity contribution < 1.29 is 29.0 Å². The largest absolute Gasteiger partial charge is 0.494 e. The monoisotopic (exact) mass is 622 g/mol. The van der Waals surface area contributed by atoms with Crippen molar-refractivity contribution in [3.05, 3.63) is 72.6 Å². The van der Waals surface area contributed by atoms with Gasteiger partial charge in [0.25, 0.3) is 5.91 Å². The molecule has 1 heterocycles. The molecule has 1 aromatic heterocycles. The van der Waals surface area contributed by atoms with Crippen LogP contribution in [0.5, 0.6) is 11.5 Å². The summed E-state index contributed by atoms with van der Waals surface area (Å²) in [6, 6.07) is 18.8. The second-order valence-electron chi connectivity index (χ2n) is 12.8. The van der Waals surface area contributed by atoms with Gasteiger partial charge in [0.1, 0.15) is 17.2 Å². The van der Waals surface area contributed by atoms with E-state index < -0.39 is 17.4 Å². The minimum absolute atomic E-state index is 0.0582. The van der Waals surface area contributed by atoms with Gasteiger partial charge in [0.2, 0.25) is 5.91 Å². The minimum Gasteiger partial charge on any atom is -0.494 e. The molecule has 0 spiro atoms. The number of para-hydroxylation sites is 1. The third-order valence-corrected chi connectivity index (χ3v) is 10.4. The number of carboxylic acid groups (broad SMARTS) is 1. The Balaban J connectivity index is 1.47. The number of rotatable bonds is 9. The first-order valence-electron chi connectivity index (χ1n) is 16.0. The Hall–Kier alpha value is -4.86. The third kappa shape index (κ3) is 4.53. The van der Waals surface area contributed by atoms with Gasteiger partial charge in [-0.3, -0.25) is 14.5 Å². The second kappa shape index (κ2) is 11.5. The molecule has 4 aliphatic carbocycles. The molecule has 2 amide bonds. The van der Waals surface area contributed by atoms with Crippen LogP contribution in [0.2, 0.25) is 0 Å². The normalized spacial score (nSPS) is 24.5. The Morgan fingerprint density at radius 3 is 2.13 bits per heavy atom. The van der Waals surface area contributed by atoms with Crippen LogP contribution in [0.15, 0.2) is 66.9 Å². The van der Waals surface area contributed by atoms with Gasteiger partial charge < -0.3 is 19.9 Å². The molecule has 46 heavy (non-hydrogen) atoms. The molecule has 10 nitrogen and oxygen atoms in total. The molecule has 4 bridgehead atoms. The number of carbonyl (C=O) groups excluding carboxylic acids is 2. The van der Waals surface area contributed by atoms with Crippen molar-refractivity contribution in [3.8, 4) is 17.2 Å². The summed E-state index contributed by atoms with van der Waals surface area (Å²) in [6.07, 6.45) is 5.83. The molecule has 0 radical (unpaired) electrons. The first-order chi connectivity index (χ1) is 22.3. The van der Waals surface area contributed by atoms with Gasteiger partial charge in [0.05, 0.1) is 31.8 Å². The van der Waals surface area contributed by atoms with Gasteiger partial charge in [0.15, 0.2) is 11.2 Å². The number of carboxylic acids is 1. The highest BCUT2D eigenvalue weighted by Crippen LogP contribution is 2.62. The summed E-state index contributed by atoms with van der Waals surface area (Å²) < 4.78 is 13.2. The molecular weight excluding hydrogens is 584 g/mol. The van der Waals surface area contributed by atoms with E-state index >= 15 is 4.79 Å². The predicted octanol–water partition coefficient (Wildman–Crippen LogP) is 6.32. The number of nitrogens with zero attached hydrogens (tertiary/aromatic N) is 3. The molecule has 2 N–H and O–H groups in total. The number of nitrogens with one attached hydrogen (secondary N) is 1. The van der Waals surface area contributed by atoms with Crippen molar-refractivity contribution in [1.29, 1.82) is 0 Å². The van der Waals surface area contributed by atoms with E-state index in [1.54, 1.807) is 36.0 Å². The lowest BCUT2D eigenvalue weighted by atomic mass is 9.48. The number of fused-ring (bicyclic) bond motifs is 1. The number of ether oxygens (including phenoxy) is 2. The first kappa shape index (κ1) is 29.8. The highest BCUT2D eigenvalue weighted by Gasteiger charge is 2.66. The summed E-state index contributed by atoms with van der Waals surface area (Å²) in [6.45, 7) is 1.73. The number of anilines is 2. The zero-order valence-electron chi connectivity index (χ0n) is 26.2. The Morgan fingerprint density at radius 2 is 1.52 bits per heavy atom. The molecule has 238 valence electrons. The van der Waals surface area contributed by atoms with Crippen molar-refractivity contribution in [2.45, 2.75) is 51.0 Å². The van der Waals surface area contributed by atoms with Crippen LogP contribution in [-0.2, 0) is 9.59 Å². The van der Waals surface area contributed by atoms with Crippen LogP contribution in [0.1, 0.15) is 55.9 Å². The number of benzene rings is 3. The lowest BCUT2D eigenvalue weighted by Gasteiger charge is -2.62. The molecule has 0 aliphatic heterocycles. The SMILES string of the molecule is CCC(=O)Nc1cn(-c2cccc3ccccc23)nc1C(=O)N(c1c(OC)cccc1OC)C1(C(=O)O)C2CC3CC(C2)CC1C3. The van der Waals surface area contributed by atoms with Crippen LogP contribution < -0.4 is 19.7 Å². The average Bonchev–Trinajstić information content (AvgIpc) is 3.48. The van der Waals surface area contributed by atoms with E-state index in [2.05, 4.69) is 5.32 Å². The van der Waals surface area contributed by atoms with Crippen LogP contribution in [0.4, 0.5) is 11.4 Å². The van der Waals surface area contributed by atoms with E-state index in [9.17, 15) is 14.7 Å². The van der Waals surface area contributed by atoms with Crippen molar-refractivity contribution in [2.75, 3.05) is 24.4 Å². The summed E-state index contributed by atoms with van der Waals surface area (Å²) in [5.41, 5.74) is -0.458. The topological polar surface area (TPSA) is 123 Å². The number of aliphatic carboxylic acids is 1. The van der Waals surface area contributed by atoms with E-state index in [1.807, 2.05) is 42.5 Å². The Kier molecular flexibility index (Phi) is 7.45.